The standard InChI is InChI=1S/C20H25N5O2/c1-2-3-10-22-19(26)16-7-6-8-17(23-16)20(27)25-14-12-24(13-15-25)18-9-4-5-11-21-18/h4-9,11H,2-3,10,12-15H2,1H3,(H,22,26). The van der Waals surface area contributed by atoms with Crippen molar-refractivity contribution >= 4 is 17.6 Å². The lowest BCUT2D eigenvalue weighted by Gasteiger charge is -2.35. The maximum Gasteiger partial charge on any atom is 0.272 e. The van der Waals surface area contributed by atoms with E-state index in [-0.39, 0.29) is 17.5 Å². The second-order valence-electron chi connectivity index (χ2n) is 6.48. The molecule has 1 fully saturated rings. The van der Waals surface area contributed by atoms with Gasteiger partial charge in [0.15, 0.2) is 0 Å². The number of rotatable bonds is 6. The molecular weight excluding hydrogens is 342 g/mol. The van der Waals surface area contributed by atoms with E-state index in [4.69, 9.17) is 0 Å². The van der Waals surface area contributed by atoms with Crippen molar-refractivity contribution in [2.24, 2.45) is 0 Å². The van der Waals surface area contributed by atoms with Crippen LogP contribution in [0.1, 0.15) is 40.7 Å². The van der Waals surface area contributed by atoms with Gasteiger partial charge in [0.1, 0.15) is 17.2 Å². The average Bonchev–Trinajstić information content (AvgIpc) is 2.74. The van der Waals surface area contributed by atoms with Crippen LogP contribution in [0.3, 0.4) is 0 Å². The van der Waals surface area contributed by atoms with Gasteiger partial charge in [-0.25, -0.2) is 9.97 Å². The topological polar surface area (TPSA) is 78.4 Å². The fraction of sp³-hybridized carbons (Fsp3) is 0.400. The molecule has 1 saturated heterocycles. The second kappa shape index (κ2) is 9.12. The van der Waals surface area contributed by atoms with Crippen LogP contribution in [0.4, 0.5) is 5.82 Å². The molecule has 142 valence electrons. The summed E-state index contributed by atoms with van der Waals surface area (Å²) in [6, 6.07) is 10.8. The van der Waals surface area contributed by atoms with E-state index >= 15 is 0 Å². The molecule has 1 aliphatic rings. The van der Waals surface area contributed by atoms with Gasteiger partial charge in [-0.3, -0.25) is 9.59 Å². The Balaban J connectivity index is 1.60. The number of aromatic nitrogens is 2. The van der Waals surface area contributed by atoms with Gasteiger partial charge in [-0.1, -0.05) is 25.5 Å². The molecule has 1 aliphatic heterocycles. The van der Waals surface area contributed by atoms with Crippen LogP contribution in [0.5, 0.6) is 0 Å². The molecule has 0 spiro atoms. The third-order valence-electron chi connectivity index (χ3n) is 4.56. The van der Waals surface area contributed by atoms with Crippen molar-refractivity contribution in [2.75, 3.05) is 37.6 Å². The van der Waals surface area contributed by atoms with Crippen LogP contribution in [0, 0.1) is 0 Å². The number of carbonyl (C=O) groups is 2. The Morgan fingerprint density at radius 1 is 1.04 bits per heavy atom. The summed E-state index contributed by atoms with van der Waals surface area (Å²) in [7, 11) is 0. The van der Waals surface area contributed by atoms with Crippen LogP contribution in [-0.2, 0) is 0 Å². The fourth-order valence-corrected chi connectivity index (χ4v) is 2.99. The van der Waals surface area contributed by atoms with Gasteiger partial charge in [0.2, 0.25) is 0 Å². The van der Waals surface area contributed by atoms with E-state index in [1.807, 2.05) is 18.2 Å². The largest absolute Gasteiger partial charge is 0.353 e. The molecule has 7 heteroatoms. The zero-order chi connectivity index (χ0) is 19.1. The lowest BCUT2D eigenvalue weighted by atomic mass is 10.2. The summed E-state index contributed by atoms with van der Waals surface area (Å²) in [5.41, 5.74) is 0.591. The molecular formula is C20H25N5O2. The number of pyridine rings is 2. The van der Waals surface area contributed by atoms with E-state index in [0.29, 0.717) is 25.3 Å². The lowest BCUT2D eigenvalue weighted by Crippen LogP contribution is -2.49. The first-order valence-corrected chi connectivity index (χ1v) is 9.39. The van der Waals surface area contributed by atoms with Gasteiger partial charge in [-0.15, -0.1) is 0 Å². The molecule has 0 radical (unpaired) electrons. The highest BCUT2D eigenvalue weighted by Gasteiger charge is 2.24. The number of piperazine rings is 1. The predicted molar refractivity (Wildman–Crippen MR) is 104 cm³/mol. The number of unbranched alkanes of at least 4 members (excludes halogenated alkanes) is 1. The van der Waals surface area contributed by atoms with Gasteiger partial charge in [-0.05, 0) is 30.7 Å². The SMILES string of the molecule is CCCCNC(=O)c1cccc(C(=O)N2CCN(c3ccccn3)CC2)n1. The van der Waals surface area contributed by atoms with E-state index < -0.39 is 0 Å². The van der Waals surface area contributed by atoms with E-state index in [9.17, 15) is 9.59 Å². The van der Waals surface area contributed by atoms with Gasteiger partial charge >= 0.3 is 0 Å². The quantitative estimate of drug-likeness (QED) is 0.790. The van der Waals surface area contributed by atoms with Crippen molar-refractivity contribution in [3.63, 3.8) is 0 Å². The van der Waals surface area contributed by atoms with Crippen LogP contribution in [0.15, 0.2) is 42.6 Å². The van der Waals surface area contributed by atoms with Crippen LogP contribution >= 0.6 is 0 Å². The third-order valence-corrected chi connectivity index (χ3v) is 4.56. The first-order chi connectivity index (χ1) is 13.2. The van der Waals surface area contributed by atoms with Crippen molar-refractivity contribution < 1.29 is 9.59 Å². The van der Waals surface area contributed by atoms with Crippen molar-refractivity contribution in [1.82, 2.24) is 20.2 Å². The highest BCUT2D eigenvalue weighted by molar-refractivity contribution is 5.96. The van der Waals surface area contributed by atoms with Crippen LogP contribution in [0.25, 0.3) is 0 Å². The summed E-state index contributed by atoms with van der Waals surface area (Å²) < 4.78 is 0. The number of nitrogens with zero attached hydrogens (tertiary/aromatic N) is 4. The summed E-state index contributed by atoms with van der Waals surface area (Å²) in [4.78, 5) is 37.5. The second-order valence-corrected chi connectivity index (χ2v) is 6.48. The van der Waals surface area contributed by atoms with Gasteiger partial charge in [-0.2, -0.15) is 0 Å². The average molecular weight is 367 g/mol. The molecule has 27 heavy (non-hydrogen) atoms. The molecule has 0 bridgehead atoms. The monoisotopic (exact) mass is 367 g/mol. The highest BCUT2D eigenvalue weighted by atomic mass is 16.2. The number of carbonyl (C=O) groups excluding carboxylic acids is 2. The Morgan fingerprint density at radius 3 is 2.52 bits per heavy atom. The van der Waals surface area contributed by atoms with Gasteiger partial charge in [0.05, 0.1) is 0 Å². The molecule has 1 N–H and O–H groups in total. The lowest BCUT2D eigenvalue weighted by molar-refractivity contribution is 0.0740. The normalized spacial score (nSPS) is 14.1. The predicted octanol–water partition coefficient (Wildman–Crippen LogP) is 1.97. The van der Waals surface area contributed by atoms with Gasteiger partial charge < -0.3 is 15.1 Å². The Bertz CT molecular complexity index is 773. The van der Waals surface area contributed by atoms with E-state index in [2.05, 4.69) is 27.1 Å². The molecule has 0 atom stereocenters. The molecule has 3 heterocycles. The first kappa shape index (κ1) is 18.8. The first-order valence-electron chi connectivity index (χ1n) is 9.39. The fourth-order valence-electron chi connectivity index (χ4n) is 2.99. The minimum absolute atomic E-state index is 0.140. The molecule has 0 unspecified atom stereocenters. The maximum absolute atomic E-state index is 12.8. The number of nitrogens with one attached hydrogen (secondary N) is 1. The Morgan fingerprint density at radius 2 is 1.81 bits per heavy atom. The van der Waals surface area contributed by atoms with Crippen molar-refractivity contribution in [3.8, 4) is 0 Å². The van der Waals surface area contributed by atoms with E-state index in [1.54, 1.807) is 29.3 Å². The van der Waals surface area contributed by atoms with Crippen LogP contribution < -0.4 is 10.2 Å². The molecule has 7 nitrogen and oxygen atoms in total. The Kier molecular flexibility index (Phi) is 6.35. The summed E-state index contributed by atoms with van der Waals surface area (Å²) in [5.74, 6) is 0.547. The Labute approximate surface area is 159 Å². The highest BCUT2D eigenvalue weighted by Crippen LogP contribution is 2.14. The summed E-state index contributed by atoms with van der Waals surface area (Å²) in [6.45, 7) is 5.33. The summed E-state index contributed by atoms with van der Waals surface area (Å²) >= 11 is 0. The smallest absolute Gasteiger partial charge is 0.272 e. The van der Waals surface area contributed by atoms with Gasteiger partial charge in [0.25, 0.3) is 11.8 Å². The molecule has 3 rings (SSSR count). The number of amides is 2. The number of hydrogen-bond acceptors (Lipinski definition) is 5. The molecule has 0 aromatic carbocycles. The molecule has 2 aromatic rings. The maximum atomic E-state index is 12.8. The van der Waals surface area contributed by atoms with Crippen LogP contribution in [0.2, 0.25) is 0 Å². The molecule has 0 aliphatic carbocycles. The number of hydrogen-bond donors (Lipinski definition) is 1. The van der Waals surface area contributed by atoms with E-state index in [0.717, 1.165) is 31.7 Å². The molecule has 2 aromatic heterocycles. The van der Waals surface area contributed by atoms with Crippen molar-refractivity contribution in [3.05, 3.63) is 54.0 Å². The van der Waals surface area contributed by atoms with Gasteiger partial charge in [0, 0.05) is 38.9 Å². The summed E-state index contributed by atoms with van der Waals surface area (Å²) in [6.07, 6.45) is 3.70. The minimum atomic E-state index is -0.238. The third kappa shape index (κ3) is 4.81. The number of anilines is 1. The molecule has 0 saturated carbocycles. The zero-order valence-electron chi connectivity index (χ0n) is 15.6. The molecule has 2 amide bonds. The van der Waals surface area contributed by atoms with Crippen molar-refractivity contribution in [1.29, 1.82) is 0 Å². The zero-order valence-corrected chi connectivity index (χ0v) is 15.6. The Hall–Kier alpha value is -2.96. The van der Waals surface area contributed by atoms with Crippen molar-refractivity contribution in [2.45, 2.75) is 19.8 Å². The summed E-state index contributed by atoms with van der Waals surface area (Å²) in [5, 5.41) is 2.83. The minimum Gasteiger partial charge on any atom is -0.353 e. The van der Waals surface area contributed by atoms with Crippen LogP contribution in [-0.4, -0.2) is 59.4 Å². The van der Waals surface area contributed by atoms with E-state index in [1.165, 1.54) is 0 Å².